The summed E-state index contributed by atoms with van der Waals surface area (Å²) in [7, 11) is 0. The van der Waals surface area contributed by atoms with Crippen molar-refractivity contribution in [3.63, 3.8) is 0 Å². The Balaban J connectivity index is 1.15. The summed E-state index contributed by atoms with van der Waals surface area (Å²) in [6, 6.07) is 33.2. The molecule has 0 aliphatic rings. The first-order valence-corrected chi connectivity index (χ1v) is 13.5. The van der Waals surface area contributed by atoms with Gasteiger partial charge in [-0.15, -0.1) is 0 Å². The van der Waals surface area contributed by atoms with Crippen LogP contribution in [0.15, 0.2) is 122 Å². The van der Waals surface area contributed by atoms with Crippen LogP contribution in [-0.4, -0.2) is 34.0 Å². The maximum absolute atomic E-state index is 12.5. The highest BCUT2D eigenvalue weighted by Crippen LogP contribution is 2.24. The molecule has 0 aliphatic heterocycles. The van der Waals surface area contributed by atoms with Gasteiger partial charge in [0.05, 0.1) is 0 Å². The first kappa shape index (κ1) is 28.0. The van der Waals surface area contributed by atoms with Crippen molar-refractivity contribution in [2.75, 3.05) is 10.6 Å². The molecule has 0 fully saturated rings. The molecule has 0 saturated heterocycles. The monoisotopic (exact) mass is 558 g/mol. The van der Waals surface area contributed by atoms with Crippen molar-refractivity contribution >= 4 is 23.2 Å². The van der Waals surface area contributed by atoms with Crippen LogP contribution in [0.3, 0.4) is 0 Å². The van der Waals surface area contributed by atoms with Gasteiger partial charge in [-0.3, -0.25) is 9.59 Å². The van der Waals surface area contributed by atoms with Gasteiger partial charge in [0.15, 0.2) is 18.0 Å². The van der Waals surface area contributed by atoms with Crippen molar-refractivity contribution in [2.45, 2.75) is 26.1 Å². The summed E-state index contributed by atoms with van der Waals surface area (Å²) in [4.78, 5) is 34.1. The van der Waals surface area contributed by atoms with E-state index in [9.17, 15) is 9.59 Å². The predicted molar refractivity (Wildman–Crippen MR) is 163 cm³/mol. The molecule has 2 N–H and O–H groups in total. The quantitative estimate of drug-likeness (QED) is 0.200. The molecule has 8 heteroatoms. The number of rotatable bonds is 10. The molecule has 2 amide bonds. The smallest absolute Gasteiger partial charge is 0.265 e. The molecule has 2 atom stereocenters. The molecular weight excluding hydrogens is 528 g/mol. The van der Waals surface area contributed by atoms with Gasteiger partial charge in [-0.2, -0.15) is 0 Å². The molecule has 8 nitrogen and oxygen atoms in total. The minimum atomic E-state index is -0.648. The number of aromatic nitrogens is 2. The fourth-order valence-corrected chi connectivity index (χ4v) is 4.08. The molecule has 42 heavy (non-hydrogen) atoms. The number of anilines is 2. The lowest BCUT2D eigenvalue weighted by Crippen LogP contribution is -2.30. The summed E-state index contributed by atoms with van der Waals surface area (Å²) < 4.78 is 11.4. The molecule has 5 rings (SSSR count). The topological polar surface area (TPSA) is 102 Å². The summed E-state index contributed by atoms with van der Waals surface area (Å²) in [6.07, 6.45) is 2.22. The molecule has 0 aliphatic carbocycles. The summed E-state index contributed by atoms with van der Waals surface area (Å²) in [6.45, 7) is 3.42. The minimum absolute atomic E-state index is 0.236. The molecule has 0 bridgehead atoms. The van der Waals surface area contributed by atoms with Gasteiger partial charge in [-0.25, -0.2) is 9.97 Å². The van der Waals surface area contributed by atoms with Gasteiger partial charge >= 0.3 is 0 Å². The van der Waals surface area contributed by atoms with Crippen molar-refractivity contribution in [1.29, 1.82) is 0 Å². The number of nitrogens with zero attached hydrogens (tertiary/aromatic N) is 2. The SMILES string of the molecule is C[C@H](Oc1ccccc1)C(=O)Nc1ccc(-c2cnc(-c3ccc(NC(=O)[C@@H](C)Oc4ccccc4)cc3)nc2)cc1. The highest BCUT2D eigenvalue weighted by Gasteiger charge is 2.16. The van der Waals surface area contributed by atoms with Gasteiger partial charge in [-0.05, 0) is 80.1 Å². The number of hydrogen-bond donors (Lipinski definition) is 2. The molecule has 1 aromatic heterocycles. The molecule has 1 heterocycles. The number of carbonyl (C=O) groups excluding carboxylic acids is 2. The number of benzene rings is 4. The number of carbonyl (C=O) groups is 2. The second-order valence-electron chi connectivity index (χ2n) is 9.57. The van der Waals surface area contributed by atoms with E-state index in [0.717, 1.165) is 16.7 Å². The standard InChI is InChI=1S/C34H30N4O4/c1-23(41-30-9-5-3-6-10-30)33(39)37-28-17-13-25(14-18-28)27-21-35-32(36-22-27)26-15-19-29(20-16-26)38-34(40)24(2)42-31-11-7-4-8-12-31/h3-24H,1-2H3,(H,37,39)(H,38,40)/t23-,24+/m0/s1. The van der Waals surface area contributed by atoms with Crippen molar-refractivity contribution in [3.05, 3.63) is 122 Å². The lowest BCUT2D eigenvalue weighted by Gasteiger charge is -2.15. The third-order valence-electron chi connectivity index (χ3n) is 6.40. The van der Waals surface area contributed by atoms with Crippen LogP contribution in [0.4, 0.5) is 11.4 Å². The first-order valence-electron chi connectivity index (χ1n) is 13.5. The Morgan fingerprint density at radius 1 is 0.548 bits per heavy atom. The van der Waals surface area contributed by atoms with Crippen LogP contribution in [0, 0.1) is 0 Å². The van der Waals surface area contributed by atoms with E-state index in [-0.39, 0.29) is 11.8 Å². The molecule has 0 spiro atoms. The molecular formula is C34H30N4O4. The Hall–Kier alpha value is -5.50. The number of hydrogen-bond acceptors (Lipinski definition) is 6. The number of para-hydroxylation sites is 2. The normalized spacial score (nSPS) is 12.0. The van der Waals surface area contributed by atoms with Crippen molar-refractivity contribution in [2.24, 2.45) is 0 Å². The Kier molecular flexibility index (Phi) is 8.84. The Morgan fingerprint density at radius 3 is 1.38 bits per heavy atom. The lowest BCUT2D eigenvalue weighted by molar-refractivity contribution is -0.122. The van der Waals surface area contributed by atoms with Crippen LogP contribution in [-0.2, 0) is 9.59 Å². The summed E-state index contributed by atoms with van der Waals surface area (Å²) in [5.41, 5.74) is 3.89. The highest BCUT2D eigenvalue weighted by atomic mass is 16.5. The van der Waals surface area contributed by atoms with Crippen LogP contribution in [0.5, 0.6) is 11.5 Å². The highest BCUT2D eigenvalue weighted by molar-refractivity contribution is 5.95. The summed E-state index contributed by atoms with van der Waals surface area (Å²) in [5.74, 6) is 1.36. The van der Waals surface area contributed by atoms with Gasteiger partial charge in [0.1, 0.15) is 11.5 Å². The third kappa shape index (κ3) is 7.37. The lowest BCUT2D eigenvalue weighted by atomic mass is 10.1. The zero-order chi connectivity index (χ0) is 29.3. The Labute approximate surface area is 244 Å². The van der Waals surface area contributed by atoms with E-state index in [0.29, 0.717) is 28.7 Å². The van der Waals surface area contributed by atoms with E-state index in [2.05, 4.69) is 20.6 Å². The van der Waals surface area contributed by atoms with Crippen LogP contribution >= 0.6 is 0 Å². The van der Waals surface area contributed by atoms with Gasteiger partial charge in [0, 0.05) is 34.9 Å². The molecule has 4 aromatic carbocycles. The Morgan fingerprint density at radius 2 is 0.952 bits per heavy atom. The molecule has 5 aromatic rings. The van der Waals surface area contributed by atoms with Gasteiger partial charge < -0.3 is 20.1 Å². The van der Waals surface area contributed by atoms with E-state index in [1.807, 2.05) is 97.1 Å². The van der Waals surface area contributed by atoms with Crippen molar-refractivity contribution in [3.8, 4) is 34.0 Å². The maximum Gasteiger partial charge on any atom is 0.265 e. The average molecular weight is 559 g/mol. The predicted octanol–water partition coefficient (Wildman–Crippen LogP) is 6.62. The average Bonchev–Trinajstić information content (AvgIpc) is 3.03. The first-order chi connectivity index (χ1) is 20.4. The zero-order valence-corrected chi connectivity index (χ0v) is 23.2. The van der Waals surface area contributed by atoms with E-state index in [1.54, 1.807) is 38.4 Å². The van der Waals surface area contributed by atoms with E-state index in [4.69, 9.17) is 9.47 Å². The molecule has 0 radical (unpaired) electrons. The Bertz CT molecular complexity index is 1490. The van der Waals surface area contributed by atoms with E-state index < -0.39 is 12.2 Å². The number of nitrogens with one attached hydrogen (secondary N) is 2. The van der Waals surface area contributed by atoms with Gasteiger partial charge in [0.2, 0.25) is 0 Å². The number of ether oxygens (including phenoxy) is 2. The van der Waals surface area contributed by atoms with Crippen LogP contribution in [0.2, 0.25) is 0 Å². The second-order valence-corrected chi connectivity index (χ2v) is 9.57. The molecule has 0 saturated carbocycles. The fourth-order valence-electron chi connectivity index (χ4n) is 4.08. The zero-order valence-electron chi connectivity index (χ0n) is 23.2. The van der Waals surface area contributed by atoms with Crippen LogP contribution < -0.4 is 20.1 Å². The molecule has 210 valence electrons. The van der Waals surface area contributed by atoms with E-state index >= 15 is 0 Å². The van der Waals surface area contributed by atoms with Crippen LogP contribution in [0.25, 0.3) is 22.5 Å². The number of amides is 2. The summed E-state index contributed by atoms with van der Waals surface area (Å²) >= 11 is 0. The van der Waals surface area contributed by atoms with Crippen molar-refractivity contribution < 1.29 is 19.1 Å². The second kappa shape index (κ2) is 13.2. The van der Waals surface area contributed by atoms with Gasteiger partial charge in [-0.1, -0.05) is 48.5 Å². The fraction of sp³-hybridized carbons (Fsp3) is 0.118. The summed E-state index contributed by atoms with van der Waals surface area (Å²) in [5, 5.41) is 5.74. The van der Waals surface area contributed by atoms with Gasteiger partial charge in [0.25, 0.3) is 11.8 Å². The van der Waals surface area contributed by atoms with E-state index in [1.165, 1.54) is 0 Å². The molecule has 0 unspecified atom stereocenters. The maximum atomic E-state index is 12.5. The van der Waals surface area contributed by atoms with Crippen LogP contribution in [0.1, 0.15) is 13.8 Å². The van der Waals surface area contributed by atoms with Crippen molar-refractivity contribution in [1.82, 2.24) is 9.97 Å². The third-order valence-corrected chi connectivity index (χ3v) is 6.40. The minimum Gasteiger partial charge on any atom is -0.481 e. The largest absolute Gasteiger partial charge is 0.481 e.